The van der Waals surface area contributed by atoms with Gasteiger partial charge in [0.1, 0.15) is 31.2 Å². The van der Waals surface area contributed by atoms with Crippen LogP contribution < -0.4 is 20.5 Å². The highest BCUT2D eigenvalue weighted by Gasteiger charge is 2.55. The van der Waals surface area contributed by atoms with Gasteiger partial charge in [0.15, 0.2) is 23.4 Å². The van der Waals surface area contributed by atoms with Gasteiger partial charge in [-0.15, -0.1) is 0 Å². The fraction of sp³-hybridized carbons (Fsp3) is 0.400. The molecule has 0 aliphatic carbocycles. The summed E-state index contributed by atoms with van der Waals surface area (Å²) < 4.78 is 32.2. The Morgan fingerprint density at radius 2 is 2.10 bits per heavy atom. The van der Waals surface area contributed by atoms with Gasteiger partial charge in [0.05, 0.1) is 6.61 Å². The van der Waals surface area contributed by atoms with E-state index in [0.29, 0.717) is 30.4 Å². The van der Waals surface area contributed by atoms with Gasteiger partial charge in [-0.1, -0.05) is 6.58 Å². The van der Waals surface area contributed by atoms with Crippen molar-refractivity contribution in [2.45, 2.75) is 31.0 Å². The average molecular weight is 419 g/mol. The van der Waals surface area contributed by atoms with E-state index >= 15 is 0 Å². The number of benzene rings is 1. The second-order valence-corrected chi connectivity index (χ2v) is 7.27. The maximum atomic E-state index is 14.9. The van der Waals surface area contributed by atoms with Crippen LogP contribution in [0.4, 0.5) is 10.2 Å². The zero-order valence-electron chi connectivity index (χ0n) is 16.2. The van der Waals surface area contributed by atoms with Crippen molar-refractivity contribution in [1.29, 1.82) is 0 Å². The number of hydrogen-bond donors (Lipinski definition) is 3. The lowest BCUT2D eigenvalue weighted by Gasteiger charge is -2.25. The summed E-state index contributed by atoms with van der Waals surface area (Å²) in [6.07, 6.45) is -2.82. The standard InChI is InChI=1S/C20H22FN3O6/c1-11(12-3-4-13-14(9-12)29-8-7-28-13)22-16-5-6-24(19(27)23-16)18-20(2,21)17(26)15(10-25)30-18/h3-6,9,15,17-18,25-26H,1,7-8,10H2,2H3,(H,22,23,27)/t15-,17-,18?,20?/m1/s1. The molecule has 4 atom stereocenters. The van der Waals surface area contributed by atoms with Gasteiger partial charge in [-0.25, -0.2) is 9.18 Å². The van der Waals surface area contributed by atoms with Crippen LogP contribution in [-0.4, -0.2) is 57.5 Å². The summed E-state index contributed by atoms with van der Waals surface area (Å²) in [5.74, 6) is 1.45. The highest BCUT2D eigenvalue weighted by atomic mass is 19.1. The van der Waals surface area contributed by atoms with Crippen molar-refractivity contribution in [3.63, 3.8) is 0 Å². The zero-order valence-corrected chi connectivity index (χ0v) is 16.2. The number of nitrogens with zero attached hydrogens (tertiary/aromatic N) is 2. The van der Waals surface area contributed by atoms with Crippen LogP contribution in [-0.2, 0) is 4.74 Å². The van der Waals surface area contributed by atoms with E-state index in [9.17, 15) is 19.4 Å². The number of aliphatic hydroxyl groups excluding tert-OH is 2. The summed E-state index contributed by atoms with van der Waals surface area (Å²) >= 11 is 0. The predicted octanol–water partition coefficient (Wildman–Crippen LogP) is 1.08. The number of aliphatic hydroxyl groups is 2. The second kappa shape index (κ2) is 7.71. The Hall–Kier alpha value is -2.95. The van der Waals surface area contributed by atoms with Crippen LogP contribution in [0.25, 0.3) is 5.70 Å². The number of fused-ring (bicyclic) bond motifs is 1. The molecular formula is C20H22FN3O6. The molecule has 30 heavy (non-hydrogen) atoms. The first-order valence-corrected chi connectivity index (χ1v) is 9.39. The lowest BCUT2D eigenvalue weighted by atomic mass is 9.98. The summed E-state index contributed by atoms with van der Waals surface area (Å²) in [6, 6.07) is 6.79. The SMILES string of the molecule is C=C(Nc1ccn(C2O[C@H](CO)[C@@H](O)C2(C)F)c(=O)n1)c1ccc2c(c1)OCCO2. The molecule has 9 nitrogen and oxygen atoms in total. The Balaban J connectivity index is 1.53. The maximum absolute atomic E-state index is 14.9. The van der Waals surface area contributed by atoms with E-state index in [1.807, 2.05) is 0 Å². The molecule has 10 heteroatoms. The molecule has 4 rings (SSSR count). The van der Waals surface area contributed by atoms with Crippen molar-refractivity contribution < 1.29 is 28.8 Å². The van der Waals surface area contributed by atoms with Gasteiger partial charge in [-0.2, -0.15) is 4.98 Å². The van der Waals surface area contributed by atoms with E-state index in [1.165, 1.54) is 12.3 Å². The number of rotatable bonds is 5. The van der Waals surface area contributed by atoms with Gasteiger partial charge >= 0.3 is 5.69 Å². The molecule has 0 bridgehead atoms. The molecule has 2 aliphatic rings. The van der Waals surface area contributed by atoms with E-state index in [2.05, 4.69) is 16.9 Å². The monoisotopic (exact) mass is 419 g/mol. The van der Waals surface area contributed by atoms with Gasteiger partial charge < -0.3 is 29.7 Å². The number of halogens is 1. The minimum Gasteiger partial charge on any atom is -0.486 e. The lowest BCUT2D eigenvalue weighted by molar-refractivity contribution is -0.0610. The first-order chi connectivity index (χ1) is 14.3. The molecule has 1 fully saturated rings. The highest BCUT2D eigenvalue weighted by Crippen LogP contribution is 2.40. The van der Waals surface area contributed by atoms with Crippen LogP contribution in [0.2, 0.25) is 0 Å². The smallest absolute Gasteiger partial charge is 0.351 e. The lowest BCUT2D eigenvalue weighted by Crippen LogP contribution is -2.42. The molecule has 2 unspecified atom stereocenters. The number of nitrogens with one attached hydrogen (secondary N) is 1. The molecule has 0 spiro atoms. The van der Waals surface area contributed by atoms with E-state index in [4.69, 9.17) is 14.2 Å². The number of hydrogen-bond acceptors (Lipinski definition) is 8. The minimum absolute atomic E-state index is 0.203. The molecule has 1 aromatic carbocycles. The third kappa shape index (κ3) is 3.53. The summed E-state index contributed by atoms with van der Waals surface area (Å²) in [6.45, 7) is 5.43. The Bertz CT molecular complexity index is 1020. The molecular weight excluding hydrogens is 397 g/mol. The van der Waals surface area contributed by atoms with Gasteiger partial charge in [0.25, 0.3) is 0 Å². The van der Waals surface area contributed by atoms with Gasteiger partial charge in [0, 0.05) is 17.5 Å². The second-order valence-electron chi connectivity index (χ2n) is 7.27. The van der Waals surface area contributed by atoms with Crippen molar-refractivity contribution in [2.24, 2.45) is 0 Å². The summed E-state index contributed by atoms with van der Waals surface area (Å²) in [5.41, 5.74) is -1.87. The van der Waals surface area contributed by atoms with Crippen molar-refractivity contribution >= 4 is 11.5 Å². The van der Waals surface area contributed by atoms with E-state index in [0.717, 1.165) is 17.1 Å². The number of anilines is 1. The normalized spacial score (nSPS) is 27.7. The third-order valence-electron chi connectivity index (χ3n) is 5.15. The highest BCUT2D eigenvalue weighted by molar-refractivity contribution is 5.75. The zero-order chi connectivity index (χ0) is 21.5. The van der Waals surface area contributed by atoms with Crippen LogP contribution in [0, 0.1) is 0 Å². The first kappa shape index (κ1) is 20.3. The third-order valence-corrected chi connectivity index (χ3v) is 5.15. The number of alkyl halides is 1. The molecule has 2 aliphatic heterocycles. The number of ether oxygens (including phenoxy) is 3. The fourth-order valence-corrected chi connectivity index (χ4v) is 3.48. The molecule has 0 saturated carbocycles. The molecule has 160 valence electrons. The Kier molecular flexibility index (Phi) is 5.22. The quantitative estimate of drug-likeness (QED) is 0.660. The van der Waals surface area contributed by atoms with Crippen molar-refractivity contribution in [1.82, 2.24) is 9.55 Å². The maximum Gasteiger partial charge on any atom is 0.351 e. The van der Waals surface area contributed by atoms with Gasteiger partial charge in [-0.05, 0) is 31.2 Å². The average Bonchev–Trinajstić information content (AvgIpc) is 2.96. The van der Waals surface area contributed by atoms with Crippen LogP contribution in [0.5, 0.6) is 11.5 Å². The summed E-state index contributed by atoms with van der Waals surface area (Å²) in [5, 5.41) is 22.2. The van der Waals surface area contributed by atoms with Crippen LogP contribution in [0.3, 0.4) is 0 Å². The van der Waals surface area contributed by atoms with Crippen LogP contribution in [0.1, 0.15) is 18.7 Å². The molecule has 1 aromatic heterocycles. The fourth-order valence-electron chi connectivity index (χ4n) is 3.48. The largest absolute Gasteiger partial charge is 0.486 e. The molecule has 2 aromatic rings. The number of aromatic nitrogens is 2. The topological polar surface area (TPSA) is 115 Å². The predicted molar refractivity (Wildman–Crippen MR) is 105 cm³/mol. The van der Waals surface area contributed by atoms with Crippen LogP contribution >= 0.6 is 0 Å². The van der Waals surface area contributed by atoms with Crippen molar-refractivity contribution in [2.75, 3.05) is 25.1 Å². The molecule has 3 N–H and O–H groups in total. The Morgan fingerprint density at radius 3 is 2.77 bits per heavy atom. The van der Waals surface area contributed by atoms with E-state index in [-0.39, 0.29) is 5.82 Å². The van der Waals surface area contributed by atoms with Gasteiger partial charge in [0.2, 0.25) is 0 Å². The molecule has 3 heterocycles. The van der Waals surface area contributed by atoms with E-state index < -0.39 is 36.4 Å². The van der Waals surface area contributed by atoms with Crippen molar-refractivity contribution in [3.05, 3.63) is 53.1 Å². The Morgan fingerprint density at radius 1 is 1.37 bits per heavy atom. The molecule has 0 radical (unpaired) electrons. The molecule has 0 amide bonds. The minimum atomic E-state index is -2.28. The summed E-state index contributed by atoms with van der Waals surface area (Å²) in [7, 11) is 0. The Labute approximate surface area is 171 Å². The molecule has 1 saturated heterocycles. The van der Waals surface area contributed by atoms with E-state index in [1.54, 1.807) is 18.2 Å². The van der Waals surface area contributed by atoms with Crippen molar-refractivity contribution in [3.8, 4) is 11.5 Å². The van der Waals surface area contributed by atoms with Gasteiger partial charge in [-0.3, -0.25) is 4.57 Å². The first-order valence-electron chi connectivity index (χ1n) is 9.39. The summed E-state index contributed by atoms with van der Waals surface area (Å²) in [4.78, 5) is 16.4. The van der Waals surface area contributed by atoms with Crippen LogP contribution in [0.15, 0.2) is 41.8 Å².